The number of benzene rings is 2. The number of nitrogens with zero attached hydrogens (tertiary/aromatic N) is 4. The third kappa shape index (κ3) is 5.71. The molecule has 7 nitrogen and oxygen atoms in total. The molecule has 1 aliphatic heterocycles. The fraction of sp³-hybridized carbons (Fsp3) is 0.320. The van der Waals surface area contributed by atoms with Gasteiger partial charge in [-0.1, -0.05) is 30.3 Å². The van der Waals surface area contributed by atoms with Gasteiger partial charge in [0.15, 0.2) is 5.69 Å². The Balaban J connectivity index is 1.40. The average Bonchev–Trinajstić information content (AvgIpc) is 2.84. The van der Waals surface area contributed by atoms with Gasteiger partial charge in [0, 0.05) is 56.7 Å². The zero-order valence-corrected chi connectivity index (χ0v) is 19.3. The molecule has 10 heteroatoms. The number of amides is 1. The summed E-state index contributed by atoms with van der Waals surface area (Å²) in [5, 5.41) is 6.68. The van der Waals surface area contributed by atoms with Crippen LogP contribution in [0, 0.1) is 6.92 Å². The average molecular weight is 486 g/mol. The van der Waals surface area contributed by atoms with Gasteiger partial charge in [0.25, 0.3) is 5.91 Å². The molecule has 184 valence electrons. The molecule has 35 heavy (non-hydrogen) atoms. The summed E-state index contributed by atoms with van der Waals surface area (Å²) in [7, 11) is 0. The molecule has 1 fully saturated rings. The van der Waals surface area contributed by atoms with E-state index in [0.29, 0.717) is 6.54 Å². The van der Waals surface area contributed by atoms with Crippen LogP contribution in [0.25, 0.3) is 5.69 Å². The molecule has 0 spiro atoms. The Morgan fingerprint density at radius 3 is 2.34 bits per heavy atom. The van der Waals surface area contributed by atoms with Crippen molar-refractivity contribution in [1.29, 1.82) is 0 Å². The van der Waals surface area contributed by atoms with Crippen molar-refractivity contribution in [3.05, 3.63) is 87.8 Å². The highest BCUT2D eigenvalue weighted by atomic mass is 19.4. The molecule has 1 amide bonds. The van der Waals surface area contributed by atoms with Crippen molar-refractivity contribution in [2.75, 3.05) is 44.2 Å². The predicted octanol–water partition coefficient (Wildman–Crippen LogP) is 3.11. The number of halogens is 3. The van der Waals surface area contributed by atoms with Crippen LogP contribution in [-0.4, -0.2) is 59.9 Å². The minimum absolute atomic E-state index is 0.194. The van der Waals surface area contributed by atoms with Crippen molar-refractivity contribution in [2.24, 2.45) is 0 Å². The Bertz CT molecular complexity index is 1240. The number of hydrogen-bond donors (Lipinski definition) is 1. The first-order valence-electron chi connectivity index (χ1n) is 11.3. The highest BCUT2D eigenvalue weighted by Gasteiger charge is 2.34. The first kappa shape index (κ1) is 24.5. The van der Waals surface area contributed by atoms with Gasteiger partial charge >= 0.3 is 6.18 Å². The number of carbonyl (C=O) groups is 1. The summed E-state index contributed by atoms with van der Waals surface area (Å²) in [5.41, 5.74) is -0.865. The molecule has 0 unspecified atom stereocenters. The van der Waals surface area contributed by atoms with E-state index in [0.717, 1.165) is 43.0 Å². The van der Waals surface area contributed by atoms with E-state index in [2.05, 4.69) is 32.3 Å². The second kappa shape index (κ2) is 10.3. The largest absolute Gasteiger partial charge is 0.418 e. The summed E-state index contributed by atoms with van der Waals surface area (Å²) in [4.78, 5) is 29.6. The Morgan fingerprint density at radius 2 is 1.66 bits per heavy atom. The second-order valence-corrected chi connectivity index (χ2v) is 8.35. The van der Waals surface area contributed by atoms with Crippen LogP contribution in [-0.2, 0) is 6.18 Å². The molecule has 1 aromatic heterocycles. The van der Waals surface area contributed by atoms with Crippen molar-refractivity contribution < 1.29 is 18.0 Å². The molecule has 0 aliphatic carbocycles. The highest BCUT2D eigenvalue weighted by Crippen LogP contribution is 2.33. The van der Waals surface area contributed by atoms with E-state index in [4.69, 9.17) is 0 Å². The van der Waals surface area contributed by atoms with Gasteiger partial charge in [0.1, 0.15) is 0 Å². The second-order valence-electron chi connectivity index (χ2n) is 8.35. The number of hydrogen-bond acceptors (Lipinski definition) is 5. The lowest BCUT2D eigenvalue weighted by atomic mass is 10.1. The van der Waals surface area contributed by atoms with Crippen LogP contribution in [0.1, 0.15) is 21.7 Å². The minimum Gasteiger partial charge on any atom is -0.369 e. The smallest absolute Gasteiger partial charge is 0.369 e. The lowest BCUT2D eigenvalue weighted by molar-refractivity contribution is -0.137. The number of carbonyl (C=O) groups excluding carboxylic acids is 1. The zero-order chi connectivity index (χ0) is 25.0. The molecule has 0 radical (unpaired) electrons. The van der Waals surface area contributed by atoms with Gasteiger partial charge in [-0.2, -0.15) is 18.3 Å². The van der Waals surface area contributed by atoms with Gasteiger partial charge in [0.2, 0.25) is 5.43 Å². The molecular weight excluding hydrogens is 459 g/mol. The maximum absolute atomic E-state index is 13.5. The van der Waals surface area contributed by atoms with Gasteiger partial charge in [-0.05, 0) is 31.2 Å². The van der Waals surface area contributed by atoms with E-state index < -0.39 is 28.8 Å². The third-order valence-corrected chi connectivity index (χ3v) is 5.97. The van der Waals surface area contributed by atoms with Gasteiger partial charge in [-0.15, -0.1) is 0 Å². The van der Waals surface area contributed by atoms with Crippen LogP contribution >= 0.6 is 0 Å². The van der Waals surface area contributed by atoms with E-state index in [1.165, 1.54) is 30.8 Å². The fourth-order valence-electron chi connectivity index (χ4n) is 4.13. The topological polar surface area (TPSA) is 70.5 Å². The molecule has 0 saturated carbocycles. The van der Waals surface area contributed by atoms with Crippen LogP contribution in [0.3, 0.4) is 0 Å². The molecule has 1 N–H and O–H groups in total. The normalized spacial score (nSPS) is 14.7. The van der Waals surface area contributed by atoms with E-state index >= 15 is 0 Å². The molecule has 1 aliphatic rings. The Hall–Kier alpha value is -3.66. The summed E-state index contributed by atoms with van der Waals surface area (Å²) in [5.74, 6) is -0.712. The zero-order valence-electron chi connectivity index (χ0n) is 19.3. The van der Waals surface area contributed by atoms with Crippen LogP contribution in [0.4, 0.5) is 18.9 Å². The number of aromatic nitrogens is 2. The first-order valence-corrected chi connectivity index (χ1v) is 11.3. The summed E-state index contributed by atoms with van der Waals surface area (Å²) < 4.78 is 41.4. The fourth-order valence-corrected chi connectivity index (χ4v) is 4.13. The molecule has 0 bridgehead atoms. The number of alkyl halides is 3. The summed E-state index contributed by atoms with van der Waals surface area (Å²) >= 11 is 0. The van der Waals surface area contributed by atoms with E-state index in [-0.39, 0.29) is 17.9 Å². The number of rotatable bonds is 6. The maximum atomic E-state index is 13.5. The van der Waals surface area contributed by atoms with Gasteiger partial charge in [0.05, 0.1) is 11.3 Å². The van der Waals surface area contributed by atoms with Crippen molar-refractivity contribution in [1.82, 2.24) is 20.0 Å². The summed E-state index contributed by atoms with van der Waals surface area (Å²) in [6, 6.07) is 16.2. The molecule has 4 rings (SSSR count). The SMILES string of the molecule is Cc1cc(=O)c(C(=O)NCCN2CCN(c3ccccc3)CC2)nn1-c1ccccc1C(F)(F)F. The molecule has 0 atom stereocenters. The third-order valence-electron chi connectivity index (χ3n) is 5.97. The first-order chi connectivity index (χ1) is 16.7. The molecule has 1 saturated heterocycles. The predicted molar refractivity (Wildman–Crippen MR) is 127 cm³/mol. The molecule has 2 aromatic carbocycles. The van der Waals surface area contributed by atoms with Gasteiger partial charge < -0.3 is 10.2 Å². The lowest BCUT2D eigenvalue weighted by Gasteiger charge is -2.36. The van der Waals surface area contributed by atoms with E-state index in [1.54, 1.807) is 0 Å². The number of para-hydroxylation sites is 2. The monoisotopic (exact) mass is 485 g/mol. The van der Waals surface area contributed by atoms with Crippen LogP contribution in [0.15, 0.2) is 65.5 Å². The number of nitrogens with one attached hydrogen (secondary N) is 1. The summed E-state index contributed by atoms with van der Waals surface area (Å²) in [6.45, 7) is 5.73. The number of piperazine rings is 1. The van der Waals surface area contributed by atoms with Crippen LogP contribution in [0.5, 0.6) is 0 Å². The van der Waals surface area contributed by atoms with Gasteiger partial charge in [-0.3, -0.25) is 14.5 Å². The van der Waals surface area contributed by atoms with E-state index in [9.17, 15) is 22.8 Å². The quantitative estimate of drug-likeness (QED) is 0.581. The highest BCUT2D eigenvalue weighted by molar-refractivity contribution is 5.92. The van der Waals surface area contributed by atoms with Crippen molar-refractivity contribution in [2.45, 2.75) is 13.1 Å². The lowest BCUT2D eigenvalue weighted by Crippen LogP contribution is -2.48. The Labute approximate surface area is 200 Å². The Kier molecular flexibility index (Phi) is 7.20. The van der Waals surface area contributed by atoms with Crippen molar-refractivity contribution in [3.63, 3.8) is 0 Å². The molecular formula is C25H26F3N5O2. The van der Waals surface area contributed by atoms with Gasteiger partial charge in [-0.25, -0.2) is 4.68 Å². The summed E-state index contributed by atoms with van der Waals surface area (Å²) in [6.07, 6.45) is -4.61. The minimum atomic E-state index is -4.61. The maximum Gasteiger partial charge on any atom is 0.418 e. The van der Waals surface area contributed by atoms with Crippen molar-refractivity contribution >= 4 is 11.6 Å². The number of aryl methyl sites for hydroxylation is 1. The van der Waals surface area contributed by atoms with Crippen LogP contribution < -0.4 is 15.6 Å². The number of anilines is 1. The van der Waals surface area contributed by atoms with E-state index in [1.807, 2.05) is 18.2 Å². The molecule has 3 aromatic rings. The van der Waals surface area contributed by atoms with Crippen molar-refractivity contribution in [3.8, 4) is 5.69 Å². The standard InChI is InChI=1S/C25H26F3N5O2/c1-18-17-22(34)23(30-33(18)21-10-6-5-9-20(21)25(26,27)28)24(35)29-11-12-31-13-15-32(16-14-31)19-7-3-2-4-8-19/h2-10,17H,11-16H2,1H3,(H,29,35). The Morgan fingerprint density at radius 1 is 1.00 bits per heavy atom. The van der Waals surface area contributed by atoms with Crippen LogP contribution in [0.2, 0.25) is 0 Å². The molecule has 2 heterocycles.